The second-order valence-electron chi connectivity index (χ2n) is 9.05. The van der Waals surface area contributed by atoms with E-state index in [4.69, 9.17) is 14.3 Å². The number of hydrogen-bond donors (Lipinski definition) is 1. The van der Waals surface area contributed by atoms with Crippen molar-refractivity contribution in [3.8, 4) is 0 Å². The highest BCUT2D eigenvalue weighted by Crippen LogP contribution is 2.37. The van der Waals surface area contributed by atoms with Crippen LogP contribution >= 0.6 is 0 Å². The van der Waals surface area contributed by atoms with E-state index in [0.717, 1.165) is 11.3 Å². The molecule has 30 heavy (non-hydrogen) atoms. The van der Waals surface area contributed by atoms with E-state index in [1.54, 1.807) is 0 Å². The molecule has 4 heteroatoms. The Bertz CT molecular complexity index is 779. The minimum absolute atomic E-state index is 0.407. The van der Waals surface area contributed by atoms with E-state index in [1.807, 2.05) is 18.2 Å². The van der Waals surface area contributed by atoms with Crippen LogP contribution in [0.5, 0.6) is 0 Å². The van der Waals surface area contributed by atoms with E-state index in [2.05, 4.69) is 71.3 Å². The fourth-order valence-corrected chi connectivity index (χ4v) is 3.98. The predicted molar refractivity (Wildman–Crippen MR) is 123 cm³/mol. The first kappa shape index (κ1) is 22.8. The summed E-state index contributed by atoms with van der Waals surface area (Å²) in [7, 11) is 0. The van der Waals surface area contributed by atoms with Crippen LogP contribution in [0.1, 0.15) is 88.0 Å². The number of hydrogen-bond acceptors (Lipinski definition) is 4. The van der Waals surface area contributed by atoms with Crippen LogP contribution in [0.25, 0.3) is 0 Å². The zero-order valence-electron chi connectivity index (χ0n) is 19.3. The van der Waals surface area contributed by atoms with Gasteiger partial charge in [0.05, 0.1) is 25.5 Å². The molecule has 164 valence electrons. The van der Waals surface area contributed by atoms with Gasteiger partial charge in [-0.15, -0.1) is 0 Å². The van der Waals surface area contributed by atoms with Gasteiger partial charge >= 0.3 is 0 Å². The van der Waals surface area contributed by atoms with Gasteiger partial charge in [0, 0.05) is 12.0 Å². The molecule has 0 saturated carbocycles. The highest BCUT2D eigenvalue weighted by molar-refractivity contribution is 5.60. The van der Waals surface area contributed by atoms with Crippen molar-refractivity contribution in [2.75, 3.05) is 25.3 Å². The average Bonchev–Trinajstić information content (AvgIpc) is 3.21. The van der Waals surface area contributed by atoms with Crippen LogP contribution in [0.4, 0.5) is 5.69 Å². The Balaban J connectivity index is 1.75. The number of nitrogens with one attached hydrogen (secondary N) is 1. The number of benzene rings is 2. The van der Waals surface area contributed by atoms with Crippen molar-refractivity contribution < 1.29 is 14.3 Å². The van der Waals surface area contributed by atoms with Gasteiger partial charge in [0.2, 0.25) is 0 Å². The Hall–Kier alpha value is -1.88. The Labute approximate surface area is 181 Å². The second kappa shape index (κ2) is 9.95. The average molecular weight is 412 g/mol. The smallest absolute Gasteiger partial charge is 0.197 e. The molecule has 0 amide bonds. The molecule has 1 aliphatic heterocycles. The van der Waals surface area contributed by atoms with Crippen molar-refractivity contribution >= 4 is 5.69 Å². The molecule has 1 saturated heterocycles. The first-order valence-corrected chi connectivity index (χ1v) is 11.2. The van der Waals surface area contributed by atoms with Crippen LogP contribution in [0.2, 0.25) is 0 Å². The second-order valence-corrected chi connectivity index (χ2v) is 9.05. The summed E-state index contributed by atoms with van der Waals surface area (Å²) in [6, 6.07) is 14.8. The molecular weight excluding hydrogens is 374 g/mol. The third-order valence-electron chi connectivity index (χ3n) is 5.81. The molecule has 0 spiro atoms. The predicted octanol–water partition coefficient (Wildman–Crippen LogP) is 6.69. The van der Waals surface area contributed by atoms with E-state index in [-0.39, 0.29) is 0 Å². The van der Waals surface area contributed by atoms with Crippen LogP contribution in [0.3, 0.4) is 0 Å². The Morgan fingerprint density at radius 2 is 1.43 bits per heavy atom. The molecule has 1 heterocycles. The maximum absolute atomic E-state index is 6.01. The lowest BCUT2D eigenvalue weighted by Gasteiger charge is -2.28. The third-order valence-corrected chi connectivity index (χ3v) is 5.81. The van der Waals surface area contributed by atoms with E-state index < -0.39 is 5.79 Å². The van der Waals surface area contributed by atoms with Gasteiger partial charge in [-0.1, -0.05) is 84.0 Å². The lowest BCUT2D eigenvalue weighted by atomic mass is 9.88. The first-order valence-electron chi connectivity index (χ1n) is 11.2. The maximum Gasteiger partial charge on any atom is 0.197 e. The van der Waals surface area contributed by atoms with E-state index >= 15 is 0 Å². The quantitative estimate of drug-likeness (QED) is 0.368. The Morgan fingerprint density at radius 3 is 1.93 bits per heavy atom. The van der Waals surface area contributed by atoms with Gasteiger partial charge in [-0.05, 0) is 34.4 Å². The summed E-state index contributed by atoms with van der Waals surface area (Å²) in [5.41, 5.74) is 9.42. The zero-order chi connectivity index (χ0) is 21.7. The van der Waals surface area contributed by atoms with Crippen LogP contribution < -0.4 is 5.48 Å². The van der Waals surface area contributed by atoms with Crippen molar-refractivity contribution in [3.63, 3.8) is 0 Å². The highest BCUT2D eigenvalue weighted by Gasteiger charge is 2.38. The summed E-state index contributed by atoms with van der Waals surface area (Å²) in [4.78, 5) is 6.00. The van der Waals surface area contributed by atoms with E-state index in [0.29, 0.717) is 44.0 Å². The van der Waals surface area contributed by atoms with Gasteiger partial charge in [0.1, 0.15) is 0 Å². The minimum Gasteiger partial charge on any atom is -0.343 e. The summed E-state index contributed by atoms with van der Waals surface area (Å²) in [5, 5.41) is 0. The number of anilines is 1. The monoisotopic (exact) mass is 411 g/mol. The fraction of sp³-hybridized carbons (Fsp3) is 0.538. The molecule has 1 aliphatic rings. The molecule has 1 fully saturated rings. The van der Waals surface area contributed by atoms with Gasteiger partial charge in [0.15, 0.2) is 5.79 Å². The Kier molecular flexibility index (Phi) is 7.56. The first-order chi connectivity index (χ1) is 14.3. The Morgan fingerprint density at radius 1 is 0.867 bits per heavy atom. The van der Waals surface area contributed by atoms with Crippen LogP contribution in [0.15, 0.2) is 42.5 Å². The molecule has 0 radical (unpaired) electrons. The molecule has 1 N–H and O–H groups in total. The zero-order valence-corrected chi connectivity index (χ0v) is 19.3. The van der Waals surface area contributed by atoms with Crippen LogP contribution in [0, 0.1) is 0 Å². The van der Waals surface area contributed by atoms with Gasteiger partial charge in [0.25, 0.3) is 0 Å². The van der Waals surface area contributed by atoms with Crippen molar-refractivity contribution in [2.45, 2.75) is 71.5 Å². The molecule has 2 aromatic carbocycles. The largest absolute Gasteiger partial charge is 0.343 e. The van der Waals surface area contributed by atoms with Gasteiger partial charge in [-0.25, -0.2) is 0 Å². The van der Waals surface area contributed by atoms with Gasteiger partial charge < -0.3 is 9.47 Å². The topological polar surface area (TPSA) is 39.7 Å². The molecule has 4 nitrogen and oxygen atoms in total. The summed E-state index contributed by atoms with van der Waals surface area (Å²) in [6.07, 6.45) is 0.627. The van der Waals surface area contributed by atoms with E-state index in [1.165, 1.54) is 16.7 Å². The van der Waals surface area contributed by atoms with Crippen LogP contribution in [-0.4, -0.2) is 19.8 Å². The van der Waals surface area contributed by atoms with Crippen LogP contribution in [-0.2, 0) is 20.1 Å². The van der Waals surface area contributed by atoms with E-state index in [9.17, 15) is 0 Å². The molecule has 2 aromatic rings. The molecule has 0 bridgehead atoms. The molecule has 0 aliphatic carbocycles. The third kappa shape index (κ3) is 5.05. The molecule has 3 rings (SSSR count). The molecule has 0 aromatic heterocycles. The normalized spacial score (nSPS) is 16.0. The molecule has 0 atom stereocenters. The van der Waals surface area contributed by atoms with Gasteiger partial charge in [-0.2, -0.15) is 0 Å². The number of ether oxygens (including phenoxy) is 2. The summed E-state index contributed by atoms with van der Waals surface area (Å²) in [5.74, 6) is 0.595. The van der Waals surface area contributed by atoms with Crippen molar-refractivity contribution in [2.24, 2.45) is 0 Å². The lowest BCUT2D eigenvalue weighted by Crippen LogP contribution is -2.29. The number of rotatable bonds is 9. The fourth-order valence-electron chi connectivity index (χ4n) is 3.98. The maximum atomic E-state index is 6.01. The standard InChI is InChI=1S/C26H37NO3/c1-18(2)21-16-23(19(3)4)25(24(17-21)20(5)6)27-30-13-12-26(28-14-15-29-26)22-10-8-7-9-11-22/h7-11,16-20,27H,12-15H2,1-6H3. The lowest BCUT2D eigenvalue weighted by molar-refractivity contribution is -0.177. The molecular formula is C26H37NO3. The summed E-state index contributed by atoms with van der Waals surface area (Å²) in [6.45, 7) is 15.1. The van der Waals surface area contributed by atoms with Gasteiger partial charge in [-0.3, -0.25) is 10.3 Å². The highest BCUT2D eigenvalue weighted by atomic mass is 16.7. The van der Waals surface area contributed by atoms with Crippen molar-refractivity contribution in [3.05, 3.63) is 64.7 Å². The summed E-state index contributed by atoms with van der Waals surface area (Å²) >= 11 is 0. The minimum atomic E-state index is -0.716. The SMILES string of the molecule is CC(C)c1cc(C(C)C)c(NOCCC2(c3ccccc3)OCCO2)c(C(C)C)c1. The van der Waals surface area contributed by atoms with Crippen molar-refractivity contribution in [1.29, 1.82) is 0 Å². The molecule has 0 unspecified atom stereocenters. The summed E-state index contributed by atoms with van der Waals surface area (Å²) < 4.78 is 12.0. The van der Waals surface area contributed by atoms with Crippen molar-refractivity contribution in [1.82, 2.24) is 0 Å².